The molecule has 1 N–H and O–H groups in total. The Kier molecular flexibility index (Phi) is 4.36. The van der Waals surface area contributed by atoms with Crippen molar-refractivity contribution in [1.29, 1.82) is 0 Å². The number of aryl methyl sites for hydroxylation is 1. The Morgan fingerprint density at radius 2 is 1.87 bits per heavy atom. The van der Waals surface area contributed by atoms with Crippen molar-refractivity contribution < 1.29 is 4.74 Å². The topological polar surface area (TPSA) is 34.1 Å². The maximum Gasteiger partial charge on any atom is 0.140 e. The van der Waals surface area contributed by atoms with Gasteiger partial charge in [0, 0.05) is 18.0 Å². The van der Waals surface area contributed by atoms with Gasteiger partial charge in [0.05, 0.1) is 5.69 Å². The number of aromatic nitrogens is 1. The Balaban J connectivity index is 1.27. The summed E-state index contributed by atoms with van der Waals surface area (Å²) in [6.07, 6.45) is 5.67. The lowest BCUT2D eigenvalue weighted by molar-refractivity contribution is 0.305. The normalized spacial score (nSPS) is 17.7. The van der Waals surface area contributed by atoms with Crippen molar-refractivity contribution in [3.05, 3.63) is 45.9 Å². The number of rotatable bonds is 8. The fraction of sp³-hybridized carbons (Fsp3) is 0.526. The fourth-order valence-electron chi connectivity index (χ4n) is 3.13. The van der Waals surface area contributed by atoms with Crippen molar-refractivity contribution in [2.45, 2.75) is 51.8 Å². The highest BCUT2D eigenvalue weighted by Crippen LogP contribution is 2.44. The average molecular weight is 328 g/mol. The predicted molar refractivity (Wildman–Crippen MR) is 93.7 cm³/mol. The van der Waals surface area contributed by atoms with E-state index in [1.54, 1.807) is 11.3 Å². The summed E-state index contributed by atoms with van der Waals surface area (Å²) in [5.74, 6) is 2.78. The second-order valence-corrected chi connectivity index (χ2v) is 7.86. The van der Waals surface area contributed by atoms with Crippen LogP contribution in [0, 0.1) is 18.8 Å². The molecule has 0 saturated heterocycles. The van der Waals surface area contributed by atoms with Crippen LogP contribution in [0.3, 0.4) is 0 Å². The van der Waals surface area contributed by atoms with Crippen LogP contribution >= 0.6 is 11.3 Å². The summed E-state index contributed by atoms with van der Waals surface area (Å²) in [6, 6.07) is 8.91. The van der Waals surface area contributed by atoms with Crippen LogP contribution in [-0.4, -0.2) is 11.0 Å². The summed E-state index contributed by atoms with van der Waals surface area (Å²) in [6.45, 7) is 3.54. The number of thiazole rings is 1. The first-order valence-corrected chi connectivity index (χ1v) is 9.52. The van der Waals surface area contributed by atoms with E-state index in [1.807, 2.05) is 12.1 Å². The molecular formula is C19H24N2OS. The molecule has 2 aromatic rings. The van der Waals surface area contributed by atoms with Crippen LogP contribution in [0.2, 0.25) is 0 Å². The van der Waals surface area contributed by atoms with Crippen molar-refractivity contribution in [2.75, 3.05) is 0 Å². The van der Waals surface area contributed by atoms with Gasteiger partial charge in [-0.1, -0.05) is 17.7 Å². The molecule has 1 heterocycles. The van der Waals surface area contributed by atoms with Gasteiger partial charge in [0.2, 0.25) is 0 Å². The standard InChI is InChI=1S/C19H24N2OS/c1-13-2-8-17(9-3-13)22-11-18-21-16(12-23-18)10-20-19(14-4-5-14)15-6-7-15/h2-3,8-9,12,14-15,19-20H,4-7,10-11H2,1H3. The van der Waals surface area contributed by atoms with E-state index in [0.717, 1.165) is 40.9 Å². The van der Waals surface area contributed by atoms with Gasteiger partial charge in [-0.2, -0.15) is 0 Å². The molecule has 2 fully saturated rings. The van der Waals surface area contributed by atoms with E-state index >= 15 is 0 Å². The lowest BCUT2D eigenvalue weighted by Crippen LogP contribution is -2.32. The first-order valence-electron chi connectivity index (χ1n) is 8.64. The van der Waals surface area contributed by atoms with E-state index in [9.17, 15) is 0 Å². The van der Waals surface area contributed by atoms with Crippen molar-refractivity contribution in [3.8, 4) is 5.75 Å². The molecule has 2 aliphatic carbocycles. The molecule has 3 nitrogen and oxygen atoms in total. The molecule has 1 aromatic heterocycles. The van der Waals surface area contributed by atoms with Crippen molar-refractivity contribution in [2.24, 2.45) is 11.8 Å². The van der Waals surface area contributed by atoms with Crippen LogP contribution < -0.4 is 10.1 Å². The predicted octanol–water partition coefficient (Wildman–Crippen LogP) is 4.31. The molecule has 2 aliphatic rings. The number of nitrogens with zero attached hydrogens (tertiary/aromatic N) is 1. The highest BCUT2D eigenvalue weighted by molar-refractivity contribution is 7.09. The summed E-state index contributed by atoms with van der Waals surface area (Å²) in [4.78, 5) is 4.71. The van der Waals surface area contributed by atoms with E-state index in [0.29, 0.717) is 6.61 Å². The van der Waals surface area contributed by atoms with Gasteiger partial charge in [0.15, 0.2) is 0 Å². The summed E-state index contributed by atoms with van der Waals surface area (Å²) < 4.78 is 5.81. The molecule has 4 rings (SSSR count). The maximum atomic E-state index is 5.81. The SMILES string of the molecule is Cc1ccc(OCc2nc(CNC(C3CC3)C3CC3)cs2)cc1. The van der Waals surface area contributed by atoms with Crippen LogP contribution in [0.25, 0.3) is 0 Å². The van der Waals surface area contributed by atoms with Gasteiger partial charge in [-0.15, -0.1) is 11.3 Å². The zero-order valence-corrected chi connectivity index (χ0v) is 14.4. The van der Waals surface area contributed by atoms with Gasteiger partial charge >= 0.3 is 0 Å². The van der Waals surface area contributed by atoms with Crippen LogP contribution in [0.4, 0.5) is 0 Å². The molecule has 0 amide bonds. The molecule has 1 aromatic carbocycles. The minimum absolute atomic E-state index is 0.558. The van der Waals surface area contributed by atoms with Gasteiger partial charge in [-0.25, -0.2) is 4.98 Å². The van der Waals surface area contributed by atoms with Crippen LogP contribution in [0.15, 0.2) is 29.6 Å². The Morgan fingerprint density at radius 1 is 1.17 bits per heavy atom. The highest BCUT2D eigenvalue weighted by atomic mass is 32.1. The molecule has 23 heavy (non-hydrogen) atoms. The largest absolute Gasteiger partial charge is 0.486 e. The zero-order valence-electron chi connectivity index (χ0n) is 13.6. The maximum absolute atomic E-state index is 5.81. The van der Waals surface area contributed by atoms with Gasteiger partial charge in [0.1, 0.15) is 17.4 Å². The van der Waals surface area contributed by atoms with E-state index in [1.165, 1.54) is 31.2 Å². The zero-order chi connectivity index (χ0) is 15.6. The summed E-state index contributed by atoms with van der Waals surface area (Å²) >= 11 is 1.70. The van der Waals surface area contributed by atoms with E-state index in [4.69, 9.17) is 9.72 Å². The number of benzene rings is 1. The van der Waals surface area contributed by atoms with Crippen molar-refractivity contribution in [3.63, 3.8) is 0 Å². The van der Waals surface area contributed by atoms with Crippen LogP contribution in [0.5, 0.6) is 5.75 Å². The Labute approximate surface area is 142 Å². The molecule has 0 radical (unpaired) electrons. The average Bonchev–Trinajstić information content (AvgIpc) is 3.48. The fourth-order valence-corrected chi connectivity index (χ4v) is 3.83. The minimum Gasteiger partial charge on any atom is -0.486 e. The molecule has 0 unspecified atom stereocenters. The van der Waals surface area contributed by atoms with Gasteiger partial charge in [-0.05, 0) is 56.6 Å². The molecule has 4 heteroatoms. The summed E-state index contributed by atoms with van der Waals surface area (Å²) in [5, 5.41) is 6.97. The third-order valence-corrected chi connectivity index (χ3v) is 5.63. The summed E-state index contributed by atoms with van der Waals surface area (Å²) in [5.41, 5.74) is 2.41. The molecule has 2 saturated carbocycles. The summed E-state index contributed by atoms with van der Waals surface area (Å²) in [7, 11) is 0. The third-order valence-electron chi connectivity index (χ3n) is 4.76. The molecule has 0 bridgehead atoms. The van der Waals surface area contributed by atoms with E-state index in [2.05, 4.69) is 29.8 Å². The first-order chi connectivity index (χ1) is 11.3. The smallest absolute Gasteiger partial charge is 0.140 e. The number of hydrogen-bond acceptors (Lipinski definition) is 4. The van der Waals surface area contributed by atoms with Crippen molar-refractivity contribution in [1.82, 2.24) is 10.3 Å². The van der Waals surface area contributed by atoms with Crippen LogP contribution in [0.1, 0.15) is 41.9 Å². The molecule has 0 aliphatic heterocycles. The van der Waals surface area contributed by atoms with Gasteiger partial charge in [0.25, 0.3) is 0 Å². The molecular weight excluding hydrogens is 304 g/mol. The lowest BCUT2D eigenvalue weighted by Gasteiger charge is -2.16. The second kappa shape index (κ2) is 6.62. The Morgan fingerprint density at radius 3 is 2.52 bits per heavy atom. The minimum atomic E-state index is 0.558. The third kappa shape index (κ3) is 4.12. The number of ether oxygens (including phenoxy) is 1. The van der Waals surface area contributed by atoms with Gasteiger partial charge in [-0.3, -0.25) is 0 Å². The molecule has 122 valence electrons. The highest BCUT2D eigenvalue weighted by Gasteiger charge is 2.40. The Bertz CT molecular complexity index is 632. The lowest BCUT2D eigenvalue weighted by atomic mass is 10.1. The van der Waals surface area contributed by atoms with E-state index in [-0.39, 0.29) is 0 Å². The van der Waals surface area contributed by atoms with E-state index < -0.39 is 0 Å². The molecule has 0 spiro atoms. The number of hydrogen-bond donors (Lipinski definition) is 1. The monoisotopic (exact) mass is 328 g/mol. The first kappa shape index (κ1) is 15.2. The second-order valence-electron chi connectivity index (χ2n) is 6.92. The molecule has 0 atom stereocenters. The van der Waals surface area contributed by atoms with Gasteiger partial charge < -0.3 is 10.1 Å². The van der Waals surface area contributed by atoms with Crippen molar-refractivity contribution >= 4 is 11.3 Å². The van der Waals surface area contributed by atoms with Crippen LogP contribution in [-0.2, 0) is 13.2 Å². The quantitative estimate of drug-likeness (QED) is 0.784. The Hall–Kier alpha value is -1.39. The number of nitrogens with one attached hydrogen (secondary N) is 1.